The molecule has 2 aromatic carbocycles. The molecular weight excluding hydrogens is 400 g/mol. The number of rotatable bonds is 6. The fourth-order valence-corrected chi connectivity index (χ4v) is 3.50. The number of benzene rings is 2. The molecule has 0 aliphatic carbocycles. The van der Waals surface area contributed by atoms with Gasteiger partial charge in [0.25, 0.3) is 0 Å². The molecule has 8 heteroatoms. The first kappa shape index (κ1) is 20.9. The molecule has 0 saturated carbocycles. The highest BCUT2D eigenvalue weighted by molar-refractivity contribution is 7.14. The Bertz CT molecular complexity index is 1080. The Labute approximate surface area is 178 Å². The van der Waals surface area contributed by atoms with Crippen LogP contribution in [0.3, 0.4) is 0 Å². The smallest absolute Gasteiger partial charge is 0.248 e. The van der Waals surface area contributed by atoms with Gasteiger partial charge in [-0.05, 0) is 42.5 Å². The third-order valence-electron chi connectivity index (χ3n) is 3.91. The van der Waals surface area contributed by atoms with Gasteiger partial charge in [-0.15, -0.1) is 11.3 Å². The third kappa shape index (κ3) is 5.62. The van der Waals surface area contributed by atoms with E-state index < -0.39 is 0 Å². The molecule has 0 atom stereocenters. The van der Waals surface area contributed by atoms with Gasteiger partial charge >= 0.3 is 0 Å². The standard InChI is InChI=1S/C22H20N4O3S/c1-15(27)23-17-8-10-18(11-9-17)24-21(29)13-12-19-14-30-22(25-19)26(16(2)28)20-6-4-3-5-7-20/h3-14H,1-2H3,(H,23,27)(H,24,29)/b13-12+. The maximum atomic E-state index is 12.2. The van der Waals surface area contributed by atoms with Crippen LogP contribution in [0.4, 0.5) is 22.2 Å². The SMILES string of the molecule is CC(=O)Nc1ccc(NC(=O)/C=C/c2csc(N(C(C)=O)c3ccccc3)n2)cc1. The van der Waals surface area contributed by atoms with Crippen LogP contribution in [0, 0.1) is 0 Å². The zero-order chi connectivity index (χ0) is 21.5. The number of thiazole rings is 1. The zero-order valence-electron chi connectivity index (χ0n) is 16.5. The Morgan fingerprint density at radius 2 is 1.57 bits per heavy atom. The van der Waals surface area contributed by atoms with Crippen molar-refractivity contribution in [1.29, 1.82) is 0 Å². The molecule has 0 aliphatic heterocycles. The number of anilines is 4. The van der Waals surface area contributed by atoms with Crippen molar-refractivity contribution in [2.24, 2.45) is 0 Å². The van der Waals surface area contributed by atoms with Gasteiger partial charge in [0.1, 0.15) is 0 Å². The molecule has 0 spiro atoms. The number of hydrogen-bond acceptors (Lipinski definition) is 5. The minimum atomic E-state index is -0.316. The summed E-state index contributed by atoms with van der Waals surface area (Å²) >= 11 is 1.32. The molecule has 0 unspecified atom stereocenters. The summed E-state index contributed by atoms with van der Waals surface area (Å²) in [5, 5.41) is 7.71. The molecule has 3 aromatic rings. The molecule has 0 fully saturated rings. The van der Waals surface area contributed by atoms with Crippen LogP contribution in [0.2, 0.25) is 0 Å². The maximum Gasteiger partial charge on any atom is 0.248 e. The minimum absolute atomic E-state index is 0.147. The van der Waals surface area contributed by atoms with Gasteiger partial charge in [0.05, 0.1) is 11.4 Å². The second-order valence-electron chi connectivity index (χ2n) is 6.33. The van der Waals surface area contributed by atoms with E-state index in [4.69, 9.17) is 0 Å². The lowest BCUT2D eigenvalue weighted by molar-refractivity contribution is -0.116. The summed E-state index contributed by atoms with van der Waals surface area (Å²) in [5.74, 6) is -0.622. The summed E-state index contributed by atoms with van der Waals surface area (Å²) in [6.07, 6.45) is 2.96. The number of carbonyl (C=O) groups excluding carboxylic acids is 3. The number of carbonyl (C=O) groups is 3. The van der Waals surface area contributed by atoms with Gasteiger partial charge in [0.2, 0.25) is 17.7 Å². The van der Waals surface area contributed by atoms with Gasteiger partial charge in [-0.25, -0.2) is 4.98 Å². The second-order valence-corrected chi connectivity index (χ2v) is 7.16. The molecule has 152 valence electrons. The van der Waals surface area contributed by atoms with Crippen LogP contribution >= 0.6 is 11.3 Å². The number of nitrogens with one attached hydrogen (secondary N) is 2. The number of amides is 3. The van der Waals surface area contributed by atoms with E-state index in [0.29, 0.717) is 22.2 Å². The summed E-state index contributed by atoms with van der Waals surface area (Å²) in [7, 11) is 0. The van der Waals surface area contributed by atoms with E-state index in [-0.39, 0.29) is 17.7 Å². The Morgan fingerprint density at radius 1 is 0.933 bits per heavy atom. The molecule has 0 bridgehead atoms. The van der Waals surface area contributed by atoms with E-state index in [1.165, 1.54) is 36.2 Å². The van der Waals surface area contributed by atoms with Crippen LogP contribution < -0.4 is 15.5 Å². The first-order valence-corrected chi connectivity index (χ1v) is 9.98. The lowest BCUT2D eigenvalue weighted by atomic mass is 10.2. The van der Waals surface area contributed by atoms with E-state index in [9.17, 15) is 14.4 Å². The number of para-hydroxylation sites is 1. The van der Waals surface area contributed by atoms with Gasteiger partial charge in [-0.1, -0.05) is 18.2 Å². The van der Waals surface area contributed by atoms with Crippen LogP contribution in [-0.2, 0) is 14.4 Å². The molecule has 0 aliphatic rings. The number of hydrogen-bond donors (Lipinski definition) is 2. The van der Waals surface area contributed by atoms with Crippen LogP contribution in [0.25, 0.3) is 6.08 Å². The monoisotopic (exact) mass is 420 g/mol. The van der Waals surface area contributed by atoms with Crippen molar-refractivity contribution >= 4 is 57.3 Å². The molecular formula is C22H20N4O3S. The summed E-state index contributed by atoms with van der Waals surface area (Å²) in [6.45, 7) is 2.91. The van der Waals surface area contributed by atoms with Gasteiger partial charge in [-0.3, -0.25) is 19.3 Å². The topological polar surface area (TPSA) is 91.4 Å². The Hall–Kier alpha value is -3.78. The molecule has 30 heavy (non-hydrogen) atoms. The van der Waals surface area contributed by atoms with Crippen LogP contribution in [0.15, 0.2) is 66.1 Å². The third-order valence-corrected chi connectivity index (χ3v) is 4.75. The Morgan fingerprint density at radius 3 is 2.17 bits per heavy atom. The molecule has 1 heterocycles. The second kappa shape index (κ2) is 9.62. The van der Waals surface area contributed by atoms with Crippen molar-refractivity contribution in [3.8, 4) is 0 Å². The highest BCUT2D eigenvalue weighted by atomic mass is 32.1. The van der Waals surface area contributed by atoms with Gasteiger partial charge in [-0.2, -0.15) is 0 Å². The first-order chi connectivity index (χ1) is 14.4. The van der Waals surface area contributed by atoms with Crippen molar-refractivity contribution in [3.63, 3.8) is 0 Å². The average molecular weight is 420 g/mol. The molecule has 0 saturated heterocycles. The summed E-state index contributed by atoms with van der Waals surface area (Å²) < 4.78 is 0. The highest BCUT2D eigenvalue weighted by Crippen LogP contribution is 2.29. The van der Waals surface area contributed by atoms with Gasteiger partial charge < -0.3 is 10.6 Å². The van der Waals surface area contributed by atoms with Gasteiger partial charge in [0.15, 0.2) is 5.13 Å². The maximum absolute atomic E-state index is 12.2. The van der Waals surface area contributed by atoms with Crippen molar-refractivity contribution in [3.05, 3.63) is 71.7 Å². The fourth-order valence-electron chi connectivity index (χ4n) is 2.64. The van der Waals surface area contributed by atoms with E-state index in [1.54, 1.807) is 35.7 Å². The van der Waals surface area contributed by atoms with Crippen molar-refractivity contribution in [2.75, 3.05) is 15.5 Å². The van der Waals surface area contributed by atoms with Gasteiger partial charge in [0, 0.05) is 36.7 Å². The van der Waals surface area contributed by atoms with Crippen molar-refractivity contribution in [1.82, 2.24) is 4.98 Å². The number of aromatic nitrogens is 1. The molecule has 0 radical (unpaired) electrons. The lowest BCUT2D eigenvalue weighted by Gasteiger charge is -2.17. The van der Waals surface area contributed by atoms with E-state index in [0.717, 1.165) is 5.69 Å². The fraction of sp³-hybridized carbons (Fsp3) is 0.0909. The molecule has 7 nitrogen and oxygen atoms in total. The highest BCUT2D eigenvalue weighted by Gasteiger charge is 2.17. The summed E-state index contributed by atoms with van der Waals surface area (Å²) in [4.78, 5) is 41.3. The molecule has 3 rings (SSSR count). The zero-order valence-corrected chi connectivity index (χ0v) is 17.3. The molecule has 2 N–H and O–H groups in total. The molecule has 3 amide bonds. The van der Waals surface area contributed by atoms with Crippen LogP contribution in [0.5, 0.6) is 0 Å². The molecule has 1 aromatic heterocycles. The largest absolute Gasteiger partial charge is 0.326 e. The van der Waals surface area contributed by atoms with Crippen molar-refractivity contribution < 1.29 is 14.4 Å². The average Bonchev–Trinajstić information content (AvgIpc) is 3.16. The predicted molar refractivity (Wildman–Crippen MR) is 120 cm³/mol. The normalized spacial score (nSPS) is 10.6. The van der Waals surface area contributed by atoms with Crippen molar-refractivity contribution in [2.45, 2.75) is 13.8 Å². The Kier molecular flexibility index (Phi) is 6.71. The Balaban J connectivity index is 1.65. The van der Waals surface area contributed by atoms with Crippen LogP contribution in [-0.4, -0.2) is 22.7 Å². The predicted octanol–water partition coefficient (Wildman–Crippen LogP) is 4.44. The first-order valence-electron chi connectivity index (χ1n) is 9.10. The quantitative estimate of drug-likeness (QED) is 0.577. The van der Waals surface area contributed by atoms with E-state index >= 15 is 0 Å². The number of nitrogens with zero attached hydrogens (tertiary/aromatic N) is 2. The summed E-state index contributed by atoms with van der Waals surface area (Å²) in [5.41, 5.74) is 2.56. The summed E-state index contributed by atoms with van der Waals surface area (Å²) in [6, 6.07) is 16.1. The lowest BCUT2D eigenvalue weighted by Crippen LogP contribution is -2.22. The minimum Gasteiger partial charge on any atom is -0.326 e. The van der Waals surface area contributed by atoms with E-state index in [2.05, 4.69) is 15.6 Å². The van der Waals surface area contributed by atoms with Crippen LogP contribution in [0.1, 0.15) is 19.5 Å². The van der Waals surface area contributed by atoms with E-state index in [1.807, 2.05) is 30.3 Å².